The molecule has 0 N–H and O–H groups in total. The van der Waals surface area contributed by atoms with Crippen LogP contribution in [0.1, 0.15) is 35.7 Å². The summed E-state index contributed by atoms with van der Waals surface area (Å²) in [6.45, 7) is 4.15. The van der Waals surface area contributed by atoms with Gasteiger partial charge < -0.3 is 14.5 Å². The zero-order valence-corrected chi connectivity index (χ0v) is 16.0. The second kappa shape index (κ2) is 8.71. The van der Waals surface area contributed by atoms with E-state index in [1.807, 2.05) is 12.1 Å². The van der Waals surface area contributed by atoms with Crippen LogP contribution < -0.4 is 9.64 Å². The molecule has 0 aromatic heterocycles. The molecule has 1 aliphatic rings. The van der Waals surface area contributed by atoms with E-state index in [9.17, 15) is 9.59 Å². The minimum absolute atomic E-state index is 0.0255. The van der Waals surface area contributed by atoms with Gasteiger partial charge in [-0.05, 0) is 43.5 Å². The van der Waals surface area contributed by atoms with Crippen molar-refractivity contribution in [3.05, 3.63) is 59.7 Å². The van der Waals surface area contributed by atoms with Crippen LogP contribution in [-0.4, -0.2) is 43.3 Å². The summed E-state index contributed by atoms with van der Waals surface area (Å²) in [6, 6.07) is 15.2. The van der Waals surface area contributed by atoms with Crippen LogP contribution in [0, 0.1) is 0 Å². The highest BCUT2D eigenvalue weighted by Gasteiger charge is 2.18. The number of rotatable bonds is 7. The number of ketones is 1. The number of anilines is 1. The van der Waals surface area contributed by atoms with Gasteiger partial charge in [0.25, 0.3) is 5.91 Å². The van der Waals surface area contributed by atoms with Gasteiger partial charge in [0.05, 0.1) is 0 Å². The Morgan fingerprint density at radius 1 is 1.07 bits per heavy atom. The van der Waals surface area contributed by atoms with E-state index in [0.717, 1.165) is 18.7 Å². The number of hydrogen-bond donors (Lipinski definition) is 0. The molecule has 1 heterocycles. The first-order chi connectivity index (χ1) is 13.0. The van der Waals surface area contributed by atoms with Crippen LogP contribution in [0.25, 0.3) is 0 Å². The summed E-state index contributed by atoms with van der Waals surface area (Å²) in [5.74, 6) is 0.406. The van der Waals surface area contributed by atoms with Gasteiger partial charge in [-0.3, -0.25) is 9.59 Å². The molecule has 0 aliphatic carbocycles. The maximum absolute atomic E-state index is 12.5. The monoisotopic (exact) mass is 366 g/mol. The summed E-state index contributed by atoms with van der Waals surface area (Å²) < 4.78 is 5.59. The second-order valence-electron chi connectivity index (χ2n) is 6.95. The summed E-state index contributed by atoms with van der Waals surface area (Å²) in [4.78, 5) is 28.0. The molecule has 0 saturated carbocycles. The zero-order valence-electron chi connectivity index (χ0n) is 16.0. The van der Waals surface area contributed by atoms with E-state index in [2.05, 4.69) is 17.0 Å². The van der Waals surface area contributed by atoms with Gasteiger partial charge in [0.15, 0.2) is 12.4 Å². The molecule has 0 atom stereocenters. The second-order valence-corrected chi connectivity index (χ2v) is 6.95. The Kier molecular flexibility index (Phi) is 6.12. The molecule has 1 saturated heterocycles. The molecule has 1 fully saturated rings. The molecule has 1 aliphatic heterocycles. The zero-order chi connectivity index (χ0) is 19.2. The van der Waals surface area contributed by atoms with Crippen LogP contribution in [0.4, 0.5) is 5.69 Å². The number of amides is 1. The Hall–Kier alpha value is -2.82. The number of nitrogens with zero attached hydrogens (tertiary/aromatic N) is 2. The summed E-state index contributed by atoms with van der Waals surface area (Å²) in [5.41, 5.74) is 2.94. The smallest absolute Gasteiger partial charge is 0.260 e. The van der Waals surface area contributed by atoms with Gasteiger partial charge in [-0.2, -0.15) is 0 Å². The summed E-state index contributed by atoms with van der Waals surface area (Å²) in [5, 5.41) is 0. The lowest BCUT2D eigenvalue weighted by Gasteiger charge is -2.24. The Morgan fingerprint density at radius 2 is 1.81 bits per heavy atom. The van der Waals surface area contributed by atoms with Gasteiger partial charge in [0.2, 0.25) is 0 Å². The Morgan fingerprint density at radius 3 is 2.56 bits per heavy atom. The quantitative estimate of drug-likeness (QED) is 0.704. The van der Waals surface area contributed by atoms with Gasteiger partial charge in [-0.25, -0.2) is 0 Å². The van der Waals surface area contributed by atoms with E-state index >= 15 is 0 Å². The fourth-order valence-electron chi connectivity index (χ4n) is 3.31. The van der Waals surface area contributed by atoms with Gasteiger partial charge in [-0.1, -0.05) is 30.3 Å². The highest BCUT2D eigenvalue weighted by molar-refractivity contribution is 5.94. The number of benzene rings is 2. The van der Waals surface area contributed by atoms with Crippen molar-refractivity contribution in [2.24, 2.45) is 0 Å². The maximum Gasteiger partial charge on any atom is 0.260 e. The normalized spacial score (nSPS) is 13.5. The number of ether oxygens (including phenoxy) is 1. The fraction of sp³-hybridized carbons (Fsp3) is 0.364. The van der Waals surface area contributed by atoms with E-state index in [0.29, 0.717) is 17.9 Å². The molecule has 5 nitrogen and oxygen atoms in total. The van der Waals surface area contributed by atoms with Crippen LogP contribution in [0.2, 0.25) is 0 Å². The molecule has 27 heavy (non-hydrogen) atoms. The van der Waals surface area contributed by atoms with E-state index < -0.39 is 0 Å². The third kappa shape index (κ3) is 4.88. The van der Waals surface area contributed by atoms with Crippen molar-refractivity contribution in [2.75, 3.05) is 31.6 Å². The van der Waals surface area contributed by atoms with Crippen molar-refractivity contribution in [3.63, 3.8) is 0 Å². The number of Topliss-reactive ketones (excluding diaryl/α,β-unsaturated/α-hetero) is 1. The van der Waals surface area contributed by atoms with Crippen molar-refractivity contribution >= 4 is 17.4 Å². The van der Waals surface area contributed by atoms with Crippen LogP contribution in [0.3, 0.4) is 0 Å². The van der Waals surface area contributed by atoms with E-state index in [1.54, 1.807) is 36.2 Å². The molecule has 0 spiro atoms. The molecule has 3 rings (SSSR count). The van der Waals surface area contributed by atoms with Crippen molar-refractivity contribution in [1.29, 1.82) is 0 Å². The number of likely N-dealkylation sites (N-methyl/N-ethyl adjacent to an activating group) is 1. The van der Waals surface area contributed by atoms with E-state index in [1.165, 1.54) is 25.5 Å². The first kappa shape index (κ1) is 19.0. The predicted octanol–water partition coefficient (Wildman–Crippen LogP) is 3.53. The van der Waals surface area contributed by atoms with E-state index in [-0.39, 0.29) is 18.3 Å². The first-order valence-corrected chi connectivity index (χ1v) is 9.35. The van der Waals surface area contributed by atoms with Crippen molar-refractivity contribution < 1.29 is 14.3 Å². The summed E-state index contributed by atoms with van der Waals surface area (Å²) in [7, 11) is 1.79. The number of para-hydroxylation sites is 1. The maximum atomic E-state index is 12.5. The Bertz CT molecular complexity index is 813. The van der Waals surface area contributed by atoms with Crippen LogP contribution in [-0.2, 0) is 11.3 Å². The number of carbonyl (C=O) groups is 2. The lowest BCUT2D eigenvalue weighted by molar-refractivity contribution is -0.132. The molecular weight excluding hydrogens is 340 g/mol. The highest BCUT2D eigenvalue weighted by atomic mass is 16.5. The third-order valence-electron chi connectivity index (χ3n) is 4.87. The van der Waals surface area contributed by atoms with Gasteiger partial charge >= 0.3 is 0 Å². The lowest BCUT2D eigenvalue weighted by Crippen LogP contribution is -2.31. The average Bonchev–Trinajstić information content (AvgIpc) is 3.21. The molecular formula is C22H26N2O3. The fourth-order valence-corrected chi connectivity index (χ4v) is 3.31. The molecule has 0 radical (unpaired) electrons. The Balaban J connectivity index is 1.60. The molecule has 0 unspecified atom stereocenters. The number of hydrogen-bond acceptors (Lipinski definition) is 4. The third-order valence-corrected chi connectivity index (χ3v) is 4.87. The molecule has 1 amide bonds. The molecule has 2 aromatic rings. The molecule has 2 aromatic carbocycles. The van der Waals surface area contributed by atoms with Crippen molar-refractivity contribution in [2.45, 2.75) is 26.3 Å². The largest absolute Gasteiger partial charge is 0.484 e. The van der Waals surface area contributed by atoms with Gasteiger partial charge in [0.1, 0.15) is 5.75 Å². The summed E-state index contributed by atoms with van der Waals surface area (Å²) >= 11 is 0. The first-order valence-electron chi connectivity index (χ1n) is 9.35. The van der Waals surface area contributed by atoms with Crippen molar-refractivity contribution in [1.82, 2.24) is 4.90 Å². The standard InChI is InChI=1S/C22H26N2O3/c1-17(25)18-9-7-10-20(14-18)27-16-22(26)23(2)15-19-8-3-4-11-21(19)24-12-5-6-13-24/h3-4,7-11,14H,5-6,12-13,15-16H2,1-2H3. The predicted molar refractivity (Wildman–Crippen MR) is 106 cm³/mol. The van der Waals surface area contributed by atoms with Crippen molar-refractivity contribution in [3.8, 4) is 5.75 Å². The van der Waals surface area contributed by atoms with Crippen LogP contribution in [0.5, 0.6) is 5.75 Å². The highest BCUT2D eigenvalue weighted by Crippen LogP contribution is 2.25. The van der Waals surface area contributed by atoms with Gasteiger partial charge in [-0.15, -0.1) is 0 Å². The average molecular weight is 366 g/mol. The molecule has 0 bridgehead atoms. The number of carbonyl (C=O) groups excluding carboxylic acids is 2. The SMILES string of the molecule is CC(=O)c1cccc(OCC(=O)N(C)Cc2ccccc2N2CCCC2)c1. The van der Waals surface area contributed by atoms with Crippen LogP contribution >= 0.6 is 0 Å². The minimum Gasteiger partial charge on any atom is -0.484 e. The lowest BCUT2D eigenvalue weighted by atomic mass is 10.1. The van der Waals surface area contributed by atoms with E-state index in [4.69, 9.17) is 4.74 Å². The molecule has 142 valence electrons. The topological polar surface area (TPSA) is 49.9 Å². The van der Waals surface area contributed by atoms with Crippen LogP contribution in [0.15, 0.2) is 48.5 Å². The summed E-state index contributed by atoms with van der Waals surface area (Å²) in [6.07, 6.45) is 2.44. The molecule has 5 heteroatoms. The van der Waals surface area contributed by atoms with Gasteiger partial charge in [0, 0.05) is 37.9 Å². The minimum atomic E-state index is -0.0977. The Labute approximate surface area is 160 Å².